The van der Waals surface area contributed by atoms with E-state index in [4.69, 9.17) is 4.74 Å². The largest absolute Gasteiger partial charge is 0.377 e. The van der Waals surface area contributed by atoms with Gasteiger partial charge in [0.1, 0.15) is 0 Å². The molecule has 0 aliphatic carbocycles. The van der Waals surface area contributed by atoms with Crippen LogP contribution in [-0.4, -0.2) is 50.8 Å². The van der Waals surface area contributed by atoms with Crippen LogP contribution in [0.15, 0.2) is 0 Å². The standard InChI is InChI=1S/C15H32N2O/c1-5-15(6-2,12-16-7-3)13-17(4)11-14-9-8-10-18-14/h14,16H,5-13H2,1-4H3. The third kappa shape index (κ3) is 4.87. The van der Waals surface area contributed by atoms with Crippen LogP contribution in [0.1, 0.15) is 46.5 Å². The fraction of sp³-hybridized carbons (Fsp3) is 1.00. The second-order valence-electron chi connectivity index (χ2n) is 5.82. The fourth-order valence-corrected chi connectivity index (χ4v) is 2.94. The number of rotatable bonds is 9. The Kier molecular flexibility index (Phi) is 7.20. The molecule has 0 bridgehead atoms. The van der Waals surface area contributed by atoms with Gasteiger partial charge < -0.3 is 15.0 Å². The third-order valence-electron chi connectivity index (χ3n) is 4.39. The van der Waals surface area contributed by atoms with E-state index in [1.807, 2.05) is 0 Å². The molecule has 0 amide bonds. The Labute approximate surface area is 113 Å². The number of nitrogens with one attached hydrogen (secondary N) is 1. The summed E-state index contributed by atoms with van der Waals surface area (Å²) in [6, 6.07) is 0. The molecule has 1 N–H and O–H groups in total. The van der Waals surface area contributed by atoms with E-state index in [0.717, 1.165) is 26.2 Å². The van der Waals surface area contributed by atoms with Crippen LogP contribution in [0, 0.1) is 5.41 Å². The van der Waals surface area contributed by atoms with Gasteiger partial charge in [0, 0.05) is 26.2 Å². The lowest BCUT2D eigenvalue weighted by molar-refractivity contribution is 0.0621. The highest BCUT2D eigenvalue weighted by atomic mass is 16.5. The summed E-state index contributed by atoms with van der Waals surface area (Å²) in [5.41, 5.74) is 0.420. The molecule has 108 valence electrons. The molecule has 0 spiro atoms. The van der Waals surface area contributed by atoms with Gasteiger partial charge in [0.05, 0.1) is 6.10 Å². The topological polar surface area (TPSA) is 24.5 Å². The number of hydrogen-bond donors (Lipinski definition) is 1. The second kappa shape index (κ2) is 8.13. The first-order chi connectivity index (χ1) is 8.65. The van der Waals surface area contributed by atoms with E-state index in [9.17, 15) is 0 Å². The molecule has 18 heavy (non-hydrogen) atoms. The molecule has 0 saturated carbocycles. The Morgan fingerprint density at radius 2 is 2.00 bits per heavy atom. The average molecular weight is 256 g/mol. The molecule has 1 saturated heterocycles. The van der Waals surface area contributed by atoms with Crippen molar-refractivity contribution in [1.29, 1.82) is 0 Å². The minimum absolute atomic E-state index is 0.420. The highest BCUT2D eigenvalue weighted by molar-refractivity contribution is 4.83. The second-order valence-corrected chi connectivity index (χ2v) is 5.82. The molecule has 0 aromatic heterocycles. The maximum Gasteiger partial charge on any atom is 0.0702 e. The summed E-state index contributed by atoms with van der Waals surface area (Å²) in [6.45, 7) is 12.3. The van der Waals surface area contributed by atoms with E-state index in [0.29, 0.717) is 11.5 Å². The van der Waals surface area contributed by atoms with Crippen LogP contribution in [0.2, 0.25) is 0 Å². The zero-order valence-electron chi connectivity index (χ0n) is 12.8. The van der Waals surface area contributed by atoms with Gasteiger partial charge in [0.25, 0.3) is 0 Å². The lowest BCUT2D eigenvalue weighted by Crippen LogP contribution is -2.44. The molecule has 1 atom stereocenters. The van der Waals surface area contributed by atoms with E-state index in [2.05, 4.69) is 38.0 Å². The molecule has 1 aliphatic heterocycles. The first-order valence-electron chi connectivity index (χ1n) is 7.66. The summed E-state index contributed by atoms with van der Waals surface area (Å²) < 4.78 is 5.73. The zero-order valence-corrected chi connectivity index (χ0v) is 12.8. The van der Waals surface area contributed by atoms with Gasteiger partial charge in [-0.3, -0.25) is 0 Å². The lowest BCUT2D eigenvalue weighted by Gasteiger charge is -2.36. The maximum absolute atomic E-state index is 5.73. The molecular weight excluding hydrogens is 224 g/mol. The van der Waals surface area contributed by atoms with Crippen molar-refractivity contribution >= 4 is 0 Å². The van der Waals surface area contributed by atoms with Crippen LogP contribution < -0.4 is 5.32 Å². The normalized spacial score (nSPS) is 20.8. The Bertz CT molecular complexity index is 211. The van der Waals surface area contributed by atoms with Crippen LogP contribution in [-0.2, 0) is 4.74 Å². The number of likely N-dealkylation sites (N-methyl/N-ethyl adjacent to an activating group) is 1. The Morgan fingerprint density at radius 1 is 1.28 bits per heavy atom. The van der Waals surface area contributed by atoms with Crippen LogP contribution in [0.3, 0.4) is 0 Å². The van der Waals surface area contributed by atoms with Gasteiger partial charge in [0.15, 0.2) is 0 Å². The molecule has 1 fully saturated rings. The molecule has 1 aliphatic rings. The molecule has 1 heterocycles. The van der Waals surface area contributed by atoms with Gasteiger partial charge in [-0.1, -0.05) is 20.8 Å². The molecule has 0 aromatic rings. The molecule has 3 heteroatoms. The van der Waals surface area contributed by atoms with Crippen LogP contribution >= 0.6 is 0 Å². The summed E-state index contributed by atoms with van der Waals surface area (Å²) in [6.07, 6.45) is 5.44. The molecule has 0 aromatic carbocycles. The highest BCUT2D eigenvalue weighted by Gasteiger charge is 2.28. The van der Waals surface area contributed by atoms with Crippen molar-refractivity contribution in [3.05, 3.63) is 0 Å². The Morgan fingerprint density at radius 3 is 2.50 bits per heavy atom. The van der Waals surface area contributed by atoms with E-state index in [-0.39, 0.29) is 0 Å². The summed E-state index contributed by atoms with van der Waals surface area (Å²) in [5, 5.41) is 3.53. The van der Waals surface area contributed by atoms with E-state index < -0.39 is 0 Å². The van der Waals surface area contributed by atoms with Crippen LogP contribution in [0.25, 0.3) is 0 Å². The zero-order chi connectivity index (χ0) is 13.4. The first kappa shape index (κ1) is 15.9. The monoisotopic (exact) mass is 256 g/mol. The van der Waals surface area contributed by atoms with Gasteiger partial charge >= 0.3 is 0 Å². The lowest BCUT2D eigenvalue weighted by atomic mass is 9.81. The molecule has 0 radical (unpaired) electrons. The summed E-state index contributed by atoms with van der Waals surface area (Å²) in [4.78, 5) is 2.47. The van der Waals surface area contributed by atoms with Crippen molar-refractivity contribution in [2.24, 2.45) is 5.41 Å². The van der Waals surface area contributed by atoms with Gasteiger partial charge in [0.2, 0.25) is 0 Å². The summed E-state index contributed by atoms with van der Waals surface area (Å²) >= 11 is 0. The number of nitrogens with zero attached hydrogens (tertiary/aromatic N) is 1. The smallest absolute Gasteiger partial charge is 0.0702 e. The number of ether oxygens (including phenoxy) is 1. The van der Waals surface area contributed by atoms with Crippen molar-refractivity contribution < 1.29 is 4.74 Å². The molecule has 3 nitrogen and oxygen atoms in total. The van der Waals surface area contributed by atoms with Gasteiger partial charge in [-0.25, -0.2) is 0 Å². The van der Waals surface area contributed by atoms with E-state index >= 15 is 0 Å². The highest BCUT2D eigenvalue weighted by Crippen LogP contribution is 2.27. The summed E-state index contributed by atoms with van der Waals surface area (Å²) in [7, 11) is 2.24. The predicted molar refractivity (Wildman–Crippen MR) is 78.0 cm³/mol. The van der Waals surface area contributed by atoms with Crippen molar-refractivity contribution in [2.45, 2.75) is 52.6 Å². The molecular formula is C15H32N2O. The minimum Gasteiger partial charge on any atom is -0.377 e. The van der Waals surface area contributed by atoms with E-state index in [1.165, 1.54) is 32.2 Å². The van der Waals surface area contributed by atoms with E-state index in [1.54, 1.807) is 0 Å². The maximum atomic E-state index is 5.73. The quantitative estimate of drug-likeness (QED) is 0.686. The van der Waals surface area contributed by atoms with Gasteiger partial charge in [-0.2, -0.15) is 0 Å². The molecule has 1 unspecified atom stereocenters. The van der Waals surface area contributed by atoms with Crippen molar-refractivity contribution in [3.8, 4) is 0 Å². The Balaban J connectivity index is 2.42. The average Bonchev–Trinajstić information content (AvgIpc) is 2.87. The van der Waals surface area contributed by atoms with Gasteiger partial charge in [-0.15, -0.1) is 0 Å². The van der Waals surface area contributed by atoms with Gasteiger partial charge in [-0.05, 0) is 44.7 Å². The molecule has 1 rings (SSSR count). The Hall–Kier alpha value is -0.120. The van der Waals surface area contributed by atoms with Crippen molar-refractivity contribution in [2.75, 3.05) is 39.8 Å². The first-order valence-corrected chi connectivity index (χ1v) is 7.66. The fourth-order valence-electron chi connectivity index (χ4n) is 2.94. The van der Waals surface area contributed by atoms with Crippen LogP contribution in [0.4, 0.5) is 0 Å². The SMILES string of the molecule is CCNCC(CC)(CC)CN(C)CC1CCCO1. The van der Waals surface area contributed by atoms with Crippen molar-refractivity contribution in [1.82, 2.24) is 10.2 Å². The van der Waals surface area contributed by atoms with Crippen molar-refractivity contribution in [3.63, 3.8) is 0 Å². The predicted octanol–water partition coefficient (Wildman–Crippen LogP) is 2.51. The third-order valence-corrected chi connectivity index (χ3v) is 4.39. The summed E-state index contributed by atoms with van der Waals surface area (Å²) in [5.74, 6) is 0. The number of hydrogen-bond acceptors (Lipinski definition) is 3. The van der Waals surface area contributed by atoms with Crippen LogP contribution in [0.5, 0.6) is 0 Å². The minimum atomic E-state index is 0.420.